The number of rotatable bonds is 2. The minimum Gasteiger partial charge on any atom is -0.661 e. The van der Waals surface area contributed by atoms with Gasteiger partial charge in [-0.25, -0.2) is 0 Å². The van der Waals surface area contributed by atoms with Gasteiger partial charge in [0.1, 0.15) is 0 Å². The molecule has 3 aliphatic heterocycles. The Morgan fingerprint density at radius 1 is 0.526 bits per heavy atom. The van der Waals surface area contributed by atoms with Crippen molar-refractivity contribution >= 4 is 0 Å². The van der Waals surface area contributed by atoms with Gasteiger partial charge in [-0.05, 0) is 0 Å². The van der Waals surface area contributed by atoms with Crippen LogP contribution in [0.2, 0.25) is 0 Å². The van der Waals surface area contributed by atoms with Gasteiger partial charge >= 0.3 is 20.1 Å². The Kier molecular flexibility index (Phi) is 6.77. The molecule has 3 saturated heterocycles. The first-order valence-corrected chi connectivity index (χ1v) is 7.96. The molecule has 0 aromatic rings. The average Bonchev–Trinajstić information content (AvgIpc) is 2.49. The van der Waals surface area contributed by atoms with Crippen LogP contribution < -0.4 is 0 Å². The fourth-order valence-corrected chi connectivity index (χ4v) is 3.77. The monoisotopic (exact) mass is 441 g/mol. The van der Waals surface area contributed by atoms with Gasteiger partial charge in [0.25, 0.3) is 0 Å². The molecule has 3 rings (SSSR count). The van der Waals surface area contributed by atoms with Crippen LogP contribution in [-0.4, -0.2) is 37.3 Å². The van der Waals surface area contributed by atoms with Crippen LogP contribution in [0.15, 0.2) is 0 Å². The predicted octanol–water partition coefficient (Wildman–Crippen LogP) is 4.13. The fraction of sp³-hybridized carbons (Fsp3) is 1.00. The third-order valence-electron chi connectivity index (χ3n) is 4.81. The molecule has 19 heavy (non-hydrogen) atoms. The number of hydrogen-bond acceptors (Lipinski definition) is 0. The average molecular weight is 441 g/mol. The molecule has 3 nitrogen and oxygen atoms in total. The molecule has 0 amide bonds. The summed E-state index contributed by atoms with van der Waals surface area (Å²) in [6.07, 6.45) is 11.8. The first-order chi connectivity index (χ1) is 8.93. The van der Waals surface area contributed by atoms with E-state index in [-0.39, 0.29) is 20.1 Å². The van der Waals surface area contributed by atoms with Crippen LogP contribution in [0.25, 0.3) is 16.0 Å². The Morgan fingerprint density at radius 3 is 1.42 bits per heavy atom. The van der Waals surface area contributed by atoms with Crippen LogP contribution in [0.3, 0.4) is 0 Å². The SMILES string of the molecule is C1CCC(C2CCCC(C3CCCC[N-]3)[N-]2)[N-]C1.[Ir+3]. The van der Waals surface area contributed by atoms with Crippen molar-refractivity contribution in [3.05, 3.63) is 16.0 Å². The van der Waals surface area contributed by atoms with Gasteiger partial charge in [-0.15, -0.1) is 13.1 Å². The molecule has 0 spiro atoms. The van der Waals surface area contributed by atoms with Crippen molar-refractivity contribution in [3.63, 3.8) is 0 Å². The maximum atomic E-state index is 5.14. The fourth-order valence-electron chi connectivity index (χ4n) is 3.77. The summed E-state index contributed by atoms with van der Waals surface area (Å²) in [7, 11) is 0. The van der Waals surface area contributed by atoms with Crippen molar-refractivity contribution in [2.45, 2.75) is 82.0 Å². The van der Waals surface area contributed by atoms with Gasteiger partial charge in [0.15, 0.2) is 0 Å². The zero-order valence-corrected chi connectivity index (χ0v) is 14.2. The molecule has 110 valence electrons. The smallest absolute Gasteiger partial charge is 0.661 e. The molecular formula is C15H26IrN3. The molecule has 0 N–H and O–H groups in total. The van der Waals surface area contributed by atoms with E-state index >= 15 is 0 Å². The van der Waals surface area contributed by atoms with Crippen molar-refractivity contribution < 1.29 is 20.1 Å². The molecule has 4 unspecified atom stereocenters. The molecule has 3 heterocycles. The molecule has 3 aliphatic rings. The van der Waals surface area contributed by atoms with Crippen LogP contribution in [-0.2, 0) is 20.1 Å². The summed E-state index contributed by atoms with van der Waals surface area (Å²) in [6.45, 7) is 2.16. The van der Waals surface area contributed by atoms with E-state index in [0.717, 1.165) is 13.1 Å². The van der Waals surface area contributed by atoms with E-state index in [1.54, 1.807) is 0 Å². The van der Waals surface area contributed by atoms with E-state index in [4.69, 9.17) is 16.0 Å². The zero-order valence-electron chi connectivity index (χ0n) is 11.8. The van der Waals surface area contributed by atoms with E-state index in [1.165, 1.54) is 57.8 Å². The van der Waals surface area contributed by atoms with E-state index in [9.17, 15) is 0 Å². The summed E-state index contributed by atoms with van der Waals surface area (Å²) in [4.78, 5) is 0. The van der Waals surface area contributed by atoms with Gasteiger partial charge < -0.3 is 16.0 Å². The van der Waals surface area contributed by atoms with Crippen molar-refractivity contribution in [2.75, 3.05) is 13.1 Å². The molecule has 0 aromatic carbocycles. The molecule has 4 heteroatoms. The Morgan fingerprint density at radius 2 is 1.00 bits per heavy atom. The van der Waals surface area contributed by atoms with Crippen LogP contribution in [0.5, 0.6) is 0 Å². The number of nitrogens with zero attached hydrogens (tertiary/aromatic N) is 3. The van der Waals surface area contributed by atoms with Crippen molar-refractivity contribution in [1.82, 2.24) is 0 Å². The topological polar surface area (TPSA) is 42.3 Å². The van der Waals surface area contributed by atoms with Crippen molar-refractivity contribution in [2.24, 2.45) is 0 Å². The maximum absolute atomic E-state index is 5.14. The molecule has 0 radical (unpaired) electrons. The van der Waals surface area contributed by atoms with Gasteiger partial charge in [0.05, 0.1) is 0 Å². The third kappa shape index (κ3) is 4.25. The van der Waals surface area contributed by atoms with Gasteiger partial charge in [-0.3, -0.25) is 0 Å². The largest absolute Gasteiger partial charge is 3.00 e. The molecular weight excluding hydrogens is 414 g/mol. The summed E-state index contributed by atoms with van der Waals surface area (Å²) in [5.41, 5.74) is 0. The molecule has 4 atom stereocenters. The molecule has 0 aromatic heterocycles. The Hall–Kier alpha value is 0.529. The van der Waals surface area contributed by atoms with Gasteiger partial charge in [0.2, 0.25) is 0 Å². The van der Waals surface area contributed by atoms with Gasteiger partial charge in [-0.2, -0.15) is 24.2 Å². The van der Waals surface area contributed by atoms with Crippen LogP contribution >= 0.6 is 0 Å². The summed E-state index contributed by atoms with van der Waals surface area (Å²) < 4.78 is 0. The minimum absolute atomic E-state index is 0. The summed E-state index contributed by atoms with van der Waals surface area (Å²) in [5.74, 6) is 0. The number of piperidine rings is 3. The number of hydrogen-bond donors (Lipinski definition) is 0. The Bertz CT molecular complexity index is 226. The van der Waals surface area contributed by atoms with Crippen molar-refractivity contribution in [1.29, 1.82) is 0 Å². The maximum Gasteiger partial charge on any atom is 3.00 e. The van der Waals surface area contributed by atoms with E-state index < -0.39 is 0 Å². The normalized spacial score (nSPS) is 40.4. The molecule has 0 saturated carbocycles. The second-order valence-electron chi connectivity index (χ2n) is 6.15. The molecule has 3 fully saturated rings. The molecule has 0 bridgehead atoms. The first-order valence-electron chi connectivity index (χ1n) is 7.96. The second kappa shape index (κ2) is 8.09. The first kappa shape index (κ1) is 15.9. The van der Waals surface area contributed by atoms with Crippen LogP contribution in [0.4, 0.5) is 0 Å². The van der Waals surface area contributed by atoms with Gasteiger partial charge in [-0.1, -0.05) is 57.8 Å². The summed E-state index contributed by atoms with van der Waals surface area (Å²) >= 11 is 0. The summed E-state index contributed by atoms with van der Waals surface area (Å²) in [6, 6.07) is 2.15. The Labute approximate surface area is 131 Å². The van der Waals surface area contributed by atoms with Crippen LogP contribution in [0.1, 0.15) is 57.8 Å². The predicted molar refractivity (Wildman–Crippen MR) is 76.5 cm³/mol. The Balaban J connectivity index is 0.00000133. The van der Waals surface area contributed by atoms with E-state index in [1.807, 2.05) is 0 Å². The van der Waals surface area contributed by atoms with Crippen molar-refractivity contribution in [3.8, 4) is 0 Å². The van der Waals surface area contributed by atoms with Gasteiger partial charge in [0, 0.05) is 0 Å². The standard InChI is InChI=1S/C15H26N3.Ir/c1-3-10-16-12(6-1)14-8-5-9-15(18-14)13-7-2-4-11-17-13;/h12-15H,1-11H2;/q-3;+3. The third-order valence-corrected chi connectivity index (χ3v) is 4.81. The van der Waals surface area contributed by atoms with E-state index in [2.05, 4.69) is 0 Å². The zero-order chi connectivity index (χ0) is 12.2. The summed E-state index contributed by atoms with van der Waals surface area (Å²) in [5, 5.41) is 14.8. The van der Waals surface area contributed by atoms with E-state index in [0.29, 0.717) is 24.2 Å². The second-order valence-corrected chi connectivity index (χ2v) is 6.15. The minimum atomic E-state index is 0. The quantitative estimate of drug-likeness (QED) is 0.620. The molecule has 0 aliphatic carbocycles. The van der Waals surface area contributed by atoms with Crippen LogP contribution in [0, 0.1) is 0 Å².